The van der Waals surface area contributed by atoms with Crippen molar-refractivity contribution < 1.29 is 9.90 Å². The van der Waals surface area contributed by atoms with Crippen LogP contribution in [0.25, 0.3) is 11.3 Å². The molecule has 3 rings (SSSR count). The SMILES string of the molecule is Cc1sc(C(N)=O)cc1-c1csc(Nc2cccc(O)c2)n1.Cl. The van der Waals surface area contributed by atoms with Gasteiger partial charge in [-0.2, -0.15) is 0 Å². The number of aromatic nitrogens is 1. The van der Waals surface area contributed by atoms with E-state index in [0.717, 1.165) is 21.8 Å². The summed E-state index contributed by atoms with van der Waals surface area (Å²) in [4.78, 5) is 17.3. The molecular formula is C15H14ClN3O2S2. The minimum absolute atomic E-state index is 0. The lowest BCUT2D eigenvalue weighted by atomic mass is 10.2. The number of rotatable bonds is 4. The fourth-order valence-electron chi connectivity index (χ4n) is 2.02. The van der Waals surface area contributed by atoms with Crippen molar-refractivity contribution in [3.05, 3.63) is 45.5 Å². The van der Waals surface area contributed by atoms with Crippen LogP contribution in [0.2, 0.25) is 0 Å². The molecule has 0 unspecified atom stereocenters. The average molecular weight is 368 g/mol. The maximum atomic E-state index is 11.3. The molecule has 0 aliphatic heterocycles. The first-order valence-corrected chi connectivity index (χ1v) is 8.15. The lowest BCUT2D eigenvalue weighted by Crippen LogP contribution is -2.08. The Bertz CT molecular complexity index is 845. The van der Waals surface area contributed by atoms with Crippen LogP contribution in [0.3, 0.4) is 0 Å². The van der Waals surface area contributed by atoms with Crippen LogP contribution in [-0.2, 0) is 0 Å². The highest BCUT2D eigenvalue weighted by Gasteiger charge is 2.14. The third kappa shape index (κ3) is 3.82. The molecule has 0 radical (unpaired) electrons. The summed E-state index contributed by atoms with van der Waals surface area (Å²) in [6.07, 6.45) is 0. The Morgan fingerprint density at radius 1 is 1.35 bits per heavy atom. The number of amides is 1. The number of phenolic OH excluding ortho intramolecular Hbond substituents is 1. The van der Waals surface area contributed by atoms with Gasteiger partial charge in [0.05, 0.1) is 10.6 Å². The van der Waals surface area contributed by atoms with Gasteiger partial charge >= 0.3 is 0 Å². The third-order valence-electron chi connectivity index (χ3n) is 3.04. The molecule has 1 amide bonds. The second-order valence-corrected chi connectivity index (χ2v) is 6.77. The van der Waals surface area contributed by atoms with E-state index in [2.05, 4.69) is 10.3 Å². The molecule has 2 heterocycles. The van der Waals surface area contributed by atoms with Crippen LogP contribution in [0.15, 0.2) is 35.7 Å². The Morgan fingerprint density at radius 3 is 2.78 bits per heavy atom. The van der Waals surface area contributed by atoms with Crippen molar-refractivity contribution in [2.45, 2.75) is 6.92 Å². The van der Waals surface area contributed by atoms with Crippen LogP contribution in [0, 0.1) is 6.92 Å². The first-order valence-electron chi connectivity index (χ1n) is 6.45. The maximum absolute atomic E-state index is 11.3. The number of nitrogens with one attached hydrogen (secondary N) is 1. The van der Waals surface area contributed by atoms with Crippen molar-refractivity contribution in [2.75, 3.05) is 5.32 Å². The van der Waals surface area contributed by atoms with Gasteiger partial charge < -0.3 is 16.2 Å². The van der Waals surface area contributed by atoms with Crippen LogP contribution in [0.5, 0.6) is 5.75 Å². The number of hydrogen-bond acceptors (Lipinski definition) is 6. The fourth-order valence-corrected chi connectivity index (χ4v) is 3.63. The zero-order valence-corrected chi connectivity index (χ0v) is 14.5. The normalized spacial score (nSPS) is 10.1. The fraction of sp³-hybridized carbons (Fsp3) is 0.0667. The van der Waals surface area contributed by atoms with E-state index in [0.29, 0.717) is 10.0 Å². The van der Waals surface area contributed by atoms with Gasteiger partial charge in [0.15, 0.2) is 5.13 Å². The number of carbonyl (C=O) groups excluding carboxylic acids is 1. The molecule has 23 heavy (non-hydrogen) atoms. The van der Waals surface area contributed by atoms with Crippen LogP contribution < -0.4 is 11.1 Å². The summed E-state index contributed by atoms with van der Waals surface area (Å²) in [5, 5.41) is 15.2. The number of thiophene rings is 1. The number of anilines is 2. The van der Waals surface area contributed by atoms with Gasteiger partial charge in [-0.3, -0.25) is 4.79 Å². The summed E-state index contributed by atoms with van der Waals surface area (Å²) in [7, 11) is 0. The summed E-state index contributed by atoms with van der Waals surface area (Å²) in [6.45, 7) is 1.94. The number of primary amides is 1. The number of hydrogen-bond donors (Lipinski definition) is 3. The zero-order valence-electron chi connectivity index (χ0n) is 12.1. The second-order valence-electron chi connectivity index (χ2n) is 4.66. The number of phenols is 1. The highest BCUT2D eigenvalue weighted by molar-refractivity contribution is 7.15. The van der Waals surface area contributed by atoms with Gasteiger partial charge in [0.2, 0.25) is 0 Å². The maximum Gasteiger partial charge on any atom is 0.258 e. The van der Waals surface area contributed by atoms with E-state index in [4.69, 9.17) is 5.73 Å². The third-order valence-corrected chi connectivity index (χ3v) is 4.86. The molecule has 0 spiro atoms. The minimum Gasteiger partial charge on any atom is -0.508 e. The lowest BCUT2D eigenvalue weighted by Gasteiger charge is -2.02. The summed E-state index contributed by atoms with van der Waals surface area (Å²) < 4.78 is 0. The predicted molar refractivity (Wildman–Crippen MR) is 97.3 cm³/mol. The first kappa shape index (κ1) is 17.3. The van der Waals surface area contributed by atoms with Crippen molar-refractivity contribution in [2.24, 2.45) is 5.73 Å². The van der Waals surface area contributed by atoms with Crippen molar-refractivity contribution >= 4 is 51.8 Å². The van der Waals surface area contributed by atoms with Gasteiger partial charge in [0.1, 0.15) is 5.75 Å². The van der Waals surface area contributed by atoms with Crippen molar-refractivity contribution in [3.8, 4) is 17.0 Å². The van der Waals surface area contributed by atoms with Gasteiger partial charge in [-0.25, -0.2) is 4.98 Å². The molecule has 0 aliphatic rings. The molecule has 0 bridgehead atoms. The molecule has 0 aliphatic carbocycles. The number of thiazole rings is 1. The van der Waals surface area contributed by atoms with Crippen molar-refractivity contribution in [3.63, 3.8) is 0 Å². The molecule has 8 heteroatoms. The Hall–Kier alpha value is -2.09. The van der Waals surface area contributed by atoms with E-state index in [1.807, 2.05) is 18.4 Å². The lowest BCUT2D eigenvalue weighted by molar-refractivity contribution is 0.100. The molecule has 0 saturated carbocycles. The quantitative estimate of drug-likeness (QED) is 0.646. The molecule has 4 N–H and O–H groups in total. The summed E-state index contributed by atoms with van der Waals surface area (Å²) in [6, 6.07) is 8.62. The molecule has 3 aromatic rings. The summed E-state index contributed by atoms with van der Waals surface area (Å²) in [5.41, 5.74) is 7.79. The zero-order chi connectivity index (χ0) is 15.7. The highest BCUT2D eigenvalue weighted by Crippen LogP contribution is 2.33. The van der Waals surface area contributed by atoms with E-state index in [1.54, 1.807) is 24.3 Å². The van der Waals surface area contributed by atoms with Crippen LogP contribution in [0.1, 0.15) is 14.5 Å². The van der Waals surface area contributed by atoms with E-state index in [-0.39, 0.29) is 18.2 Å². The molecule has 0 atom stereocenters. The average Bonchev–Trinajstić information content (AvgIpc) is 3.05. The molecule has 120 valence electrons. The largest absolute Gasteiger partial charge is 0.508 e. The van der Waals surface area contributed by atoms with Crippen molar-refractivity contribution in [1.29, 1.82) is 0 Å². The number of benzene rings is 1. The number of aryl methyl sites for hydroxylation is 1. The van der Waals surface area contributed by atoms with Crippen LogP contribution >= 0.6 is 35.1 Å². The Kier molecular flexibility index (Phi) is 5.25. The molecule has 1 aromatic carbocycles. The Labute approximate surface area is 147 Å². The van der Waals surface area contributed by atoms with E-state index < -0.39 is 5.91 Å². The van der Waals surface area contributed by atoms with E-state index in [9.17, 15) is 9.90 Å². The van der Waals surface area contributed by atoms with Gasteiger partial charge in [0, 0.05) is 27.6 Å². The molecule has 0 fully saturated rings. The number of nitrogens with two attached hydrogens (primary N) is 1. The molecule has 0 saturated heterocycles. The van der Waals surface area contributed by atoms with Crippen LogP contribution in [0.4, 0.5) is 10.8 Å². The van der Waals surface area contributed by atoms with Gasteiger partial charge in [-0.15, -0.1) is 35.1 Å². The molecular weight excluding hydrogens is 354 g/mol. The van der Waals surface area contributed by atoms with Crippen molar-refractivity contribution in [1.82, 2.24) is 4.98 Å². The summed E-state index contributed by atoms with van der Waals surface area (Å²) >= 11 is 2.83. The number of nitrogens with zero attached hydrogens (tertiary/aromatic N) is 1. The number of halogens is 1. The summed E-state index contributed by atoms with van der Waals surface area (Å²) in [5.74, 6) is -0.228. The second kappa shape index (κ2) is 6.99. The highest BCUT2D eigenvalue weighted by atomic mass is 35.5. The molecule has 2 aromatic heterocycles. The van der Waals surface area contributed by atoms with Crippen LogP contribution in [-0.4, -0.2) is 16.0 Å². The van der Waals surface area contributed by atoms with E-state index in [1.165, 1.54) is 22.7 Å². The Balaban J connectivity index is 0.00000192. The minimum atomic E-state index is -0.423. The monoisotopic (exact) mass is 367 g/mol. The Morgan fingerprint density at radius 2 is 2.13 bits per heavy atom. The molecule has 5 nitrogen and oxygen atoms in total. The van der Waals surface area contributed by atoms with Gasteiger partial charge in [0.25, 0.3) is 5.91 Å². The topological polar surface area (TPSA) is 88.2 Å². The van der Waals surface area contributed by atoms with Gasteiger partial charge in [-0.1, -0.05) is 6.07 Å². The number of carbonyl (C=O) groups is 1. The predicted octanol–water partition coefficient (Wildman–Crippen LogP) is 4.15. The number of aromatic hydroxyl groups is 1. The van der Waals surface area contributed by atoms with E-state index >= 15 is 0 Å². The first-order chi connectivity index (χ1) is 10.5. The standard InChI is InChI=1S/C15H13N3O2S2.ClH/c1-8-11(6-13(22-8)14(16)20)12-7-21-15(18-12)17-9-3-2-4-10(19)5-9;/h2-7,19H,1H3,(H2,16,20)(H,17,18);1H. The smallest absolute Gasteiger partial charge is 0.258 e. The van der Waals surface area contributed by atoms with Gasteiger partial charge in [-0.05, 0) is 25.1 Å².